The Balaban J connectivity index is 2.67. The number of benzene rings is 1. The van der Waals surface area contributed by atoms with E-state index < -0.39 is 16.1 Å². The van der Waals surface area contributed by atoms with Gasteiger partial charge in [-0.1, -0.05) is 19.1 Å². The molecule has 0 aliphatic heterocycles. The van der Waals surface area contributed by atoms with E-state index in [0.29, 0.717) is 25.1 Å². The van der Waals surface area contributed by atoms with Gasteiger partial charge in [-0.2, -0.15) is 0 Å². The molecule has 5 nitrogen and oxygen atoms in total. The molecule has 2 N–H and O–H groups in total. The molecule has 1 unspecified atom stereocenters. The first kappa shape index (κ1) is 17.1. The molecule has 114 valence electrons. The highest BCUT2D eigenvalue weighted by Crippen LogP contribution is 2.19. The van der Waals surface area contributed by atoms with E-state index in [1.807, 2.05) is 6.92 Å². The van der Waals surface area contributed by atoms with Gasteiger partial charge in [-0.3, -0.25) is 0 Å². The van der Waals surface area contributed by atoms with Gasteiger partial charge in [0.1, 0.15) is 0 Å². The van der Waals surface area contributed by atoms with Crippen molar-refractivity contribution < 1.29 is 18.3 Å². The van der Waals surface area contributed by atoms with Crippen molar-refractivity contribution >= 4 is 10.0 Å². The number of methoxy groups -OCH3 is 1. The summed E-state index contributed by atoms with van der Waals surface area (Å²) in [6, 6.07) is 6.43. The quantitative estimate of drug-likeness (QED) is 0.682. The number of rotatable bonds is 9. The molecule has 1 aromatic carbocycles. The van der Waals surface area contributed by atoms with Crippen molar-refractivity contribution in [1.82, 2.24) is 4.72 Å². The summed E-state index contributed by atoms with van der Waals surface area (Å²) in [6.45, 7) is 2.85. The Morgan fingerprint density at radius 3 is 2.75 bits per heavy atom. The highest BCUT2D eigenvalue weighted by molar-refractivity contribution is 7.89. The molecular formula is C14H23NO4S. The Labute approximate surface area is 121 Å². The molecule has 1 rings (SSSR count). The summed E-state index contributed by atoms with van der Waals surface area (Å²) < 4.78 is 31.7. The predicted octanol–water partition coefficient (Wildman–Crippen LogP) is 1.83. The first-order valence-electron chi connectivity index (χ1n) is 6.78. The maximum atomic E-state index is 12.1. The second-order valence-corrected chi connectivity index (χ2v) is 6.36. The van der Waals surface area contributed by atoms with Crippen molar-refractivity contribution in [3.8, 4) is 0 Å². The van der Waals surface area contributed by atoms with Gasteiger partial charge in [0, 0.05) is 20.3 Å². The second-order valence-electron chi connectivity index (χ2n) is 4.59. The van der Waals surface area contributed by atoms with E-state index in [-0.39, 0.29) is 4.90 Å². The lowest BCUT2D eigenvalue weighted by Crippen LogP contribution is -2.25. The summed E-state index contributed by atoms with van der Waals surface area (Å²) in [7, 11) is -1.89. The Kier molecular flexibility index (Phi) is 7.15. The van der Waals surface area contributed by atoms with Gasteiger partial charge in [-0.05, 0) is 37.0 Å². The maximum absolute atomic E-state index is 12.1. The van der Waals surface area contributed by atoms with Gasteiger partial charge in [0.2, 0.25) is 10.0 Å². The average molecular weight is 301 g/mol. The minimum Gasteiger partial charge on any atom is -0.388 e. The van der Waals surface area contributed by atoms with Gasteiger partial charge in [0.25, 0.3) is 0 Å². The Hall–Kier alpha value is -0.950. The molecule has 0 saturated carbocycles. The minimum atomic E-state index is -3.51. The summed E-state index contributed by atoms with van der Waals surface area (Å²) >= 11 is 0. The Morgan fingerprint density at radius 1 is 1.35 bits per heavy atom. The molecule has 0 radical (unpaired) electrons. The molecule has 0 fully saturated rings. The summed E-state index contributed by atoms with van der Waals surface area (Å²) in [6.07, 6.45) is 1.46. The third kappa shape index (κ3) is 5.20. The summed E-state index contributed by atoms with van der Waals surface area (Å²) in [5.74, 6) is 0. The topological polar surface area (TPSA) is 75.6 Å². The summed E-state index contributed by atoms with van der Waals surface area (Å²) in [4.78, 5) is 0.189. The zero-order valence-corrected chi connectivity index (χ0v) is 12.8. The van der Waals surface area contributed by atoms with Gasteiger partial charge in [0.05, 0.1) is 11.0 Å². The van der Waals surface area contributed by atoms with Crippen LogP contribution in [-0.2, 0) is 14.8 Å². The van der Waals surface area contributed by atoms with Crippen LogP contribution in [0.25, 0.3) is 0 Å². The first-order chi connectivity index (χ1) is 9.51. The van der Waals surface area contributed by atoms with Crippen LogP contribution in [0.3, 0.4) is 0 Å². The van der Waals surface area contributed by atoms with Crippen molar-refractivity contribution in [1.29, 1.82) is 0 Å². The van der Waals surface area contributed by atoms with E-state index in [1.165, 1.54) is 12.1 Å². The lowest BCUT2D eigenvalue weighted by Gasteiger charge is -2.11. The van der Waals surface area contributed by atoms with Crippen LogP contribution < -0.4 is 4.72 Å². The lowest BCUT2D eigenvalue weighted by molar-refractivity contribution is 0.173. The monoisotopic (exact) mass is 301 g/mol. The molecule has 6 heteroatoms. The van der Waals surface area contributed by atoms with Gasteiger partial charge < -0.3 is 9.84 Å². The molecule has 1 atom stereocenters. The second kappa shape index (κ2) is 8.36. The van der Waals surface area contributed by atoms with E-state index in [1.54, 1.807) is 19.2 Å². The molecule has 0 spiro atoms. The van der Waals surface area contributed by atoms with Crippen LogP contribution in [0.4, 0.5) is 0 Å². The SMILES string of the molecule is CCC(O)c1cccc(S(=O)(=O)NCCCCOC)c1. The Morgan fingerprint density at radius 2 is 2.10 bits per heavy atom. The van der Waals surface area contributed by atoms with Gasteiger partial charge >= 0.3 is 0 Å². The minimum absolute atomic E-state index is 0.189. The van der Waals surface area contributed by atoms with Crippen LogP contribution in [0.5, 0.6) is 0 Å². The van der Waals surface area contributed by atoms with Gasteiger partial charge in [0.15, 0.2) is 0 Å². The van der Waals surface area contributed by atoms with Crippen molar-refractivity contribution in [3.05, 3.63) is 29.8 Å². The average Bonchev–Trinajstić information content (AvgIpc) is 2.46. The van der Waals surface area contributed by atoms with Crippen LogP contribution in [0.15, 0.2) is 29.2 Å². The standard InChI is InChI=1S/C14H23NO4S/c1-3-14(16)12-7-6-8-13(11-12)20(17,18)15-9-4-5-10-19-2/h6-8,11,14-16H,3-5,9-10H2,1-2H3. The van der Waals surface area contributed by atoms with E-state index in [0.717, 1.165) is 12.8 Å². The van der Waals surface area contributed by atoms with E-state index in [4.69, 9.17) is 4.74 Å². The molecule has 0 saturated heterocycles. The molecular weight excluding hydrogens is 278 g/mol. The molecule has 1 aromatic rings. The molecule has 20 heavy (non-hydrogen) atoms. The Bertz CT molecular complexity index is 502. The lowest BCUT2D eigenvalue weighted by atomic mass is 10.1. The van der Waals surface area contributed by atoms with Crippen molar-refractivity contribution in [2.45, 2.75) is 37.2 Å². The number of aliphatic hydroxyl groups excluding tert-OH is 1. The molecule has 0 amide bonds. The van der Waals surface area contributed by atoms with Gasteiger partial charge in [-0.15, -0.1) is 0 Å². The third-order valence-electron chi connectivity index (χ3n) is 3.01. The number of nitrogens with one attached hydrogen (secondary N) is 1. The van der Waals surface area contributed by atoms with E-state index >= 15 is 0 Å². The molecule has 0 aromatic heterocycles. The predicted molar refractivity (Wildman–Crippen MR) is 78.0 cm³/mol. The van der Waals surface area contributed by atoms with Gasteiger partial charge in [-0.25, -0.2) is 13.1 Å². The zero-order chi connectivity index (χ0) is 15.0. The number of hydrogen-bond acceptors (Lipinski definition) is 4. The first-order valence-corrected chi connectivity index (χ1v) is 8.26. The fraction of sp³-hybridized carbons (Fsp3) is 0.571. The van der Waals surface area contributed by atoms with Crippen molar-refractivity contribution in [3.63, 3.8) is 0 Å². The van der Waals surface area contributed by atoms with Crippen LogP contribution in [0.2, 0.25) is 0 Å². The van der Waals surface area contributed by atoms with Crippen molar-refractivity contribution in [2.75, 3.05) is 20.3 Å². The number of hydrogen-bond donors (Lipinski definition) is 2. The third-order valence-corrected chi connectivity index (χ3v) is 4.47. The smallest absolute Gasteiger partial charge is 0.240 e. The number of sulfonamides is 1. The van der Waals surface area contributed by atoms with Crippen LogP contribution in [0.1, 0.15) is 37.9 Å². The molecule has 0 heterocycles. The number of aliphatic hydroxyl groups is 1. The van der Waals surface area contributed by atoms with Crippen LogP contribution in [-0.4, -0.2) is 33.8 Å². The van der Waals surface area contributed by atoms with E-state index in [9.17, 15) is 13.5 Å². The molecule has 0 aliphatic rings. The molecule has 0 aliphatic carbocycles. The fourth-order valence-corrected chi connectivity index (χ4v) is 2.91. The number of unbranched alkanes of at least 4 members (excludes halogenated alkanes) is 1. The maximum Gasteiger partial charge on any atom is 0.240 e. The van der Waals surface area contributed by atoms with Crippen LogP contribution >= 0.6 is 0 Å². The molecule has 0 bridgehead atoms. The number of ether oxygens (including phenoxy) is 1. The highest BCUT2D eigenvalue weighted by Gasteiger charge is 2.15. The van der Waals surface area contributed by atoms with E-state index in [2.05, 4.69) is 4.72 Å². The zero-order valence-electron chi connectivity index (χ0n) is 12.0. The summed E-state index contributed by atoms with van der Waals surface area (Å²) in [5, 5.41) is 9.76. The van der Waals surface area contributed by atoms with Crippen molar-refractivity contribution in [2.24, 2.45) is 0 Å². The highest BCUT2D eigenvalue weighted by atomic mass is 32.2. The largest absolute Gasteiger partial charge is 0.388 e. The normalized spacial score (nSPS) is 13.3. The fourth-order valence-electron chi connectivity index (χ4n) is 1.79. The summed E-state index contributed by atoms with van der Waals surface area (Å²) in [5.41, 5.74) is 0.620. The van der Waals surface area contributed by atoms with Crippen LogP contribution in [0, 0.1) is 0 Å².